The van der Waals surface area contributed by atoms with Crippen molar-refractivity contribution in [2.45, 2.75) is 25.7 Å². The van der Waals surface area contributed by atoms with E-state index in [9.17, 15) is 9.59 Å². The largest absolute Gasteiger partial charge is 0.481 e. The van der Waals surface area contributed by atoms with E-state index >= 15 is 0 Å². The molecule has 2 N–H and O–H groups in total. The van der Waals surface area contributed by atoms with Crippen molar-refractivity contribution in [2.24, 2.45) is 5.92 Å². The highest BCUT2D eigenvalue weighted by Gasteiger charge is 2.23. The Hall–Kier alpha value is -1.08. The Bertz CT molecular complexity index is 498. The maximum absolute atomic E-state index is 12.0. The third-order valence-electron chi connectivity index (χ3n) is 3.64. The first-order chi connectivity index (χ1) is 10.0. The van der Waals surface area contributed by atoms with Gasteiger partial charge in [0.15, 0.2) is 0 Å². The van der Waals surface area contributed by atoms with E-state index < -0.39 is 5.97 Å². The van der Waals surface area contributed by atoms with Gasteiger partial charge in [0.05, 0.1) is 3.79 Å². The van der Waals surface area contributed by atoms with Gasteiger partial charge in [-0.1, -0.05) is 0 Å². The van der Waals surface area contributed by atoms with Gasteiger partial charge in [0.25, 0.3) is 0 Å². The molecule has 0 aliphatic carbocycles. The molecule has 21 heavy (non-hydrogen) atoms. The number of carbonyl (C=O) groups is 2. The highest BCUT2D eigenvalue weighted by Crippen LogP contribution is 2.22. The van der Waals surface area contributed by atoms with Crippen molar-refractivity contribution in [1.82, 2.24) is 10.2 Å². The minimum Gasteiger partial charge on any atom is -0.481 e. The number of carboxylic acids is 1. The summed E-state index contributed by atoms with van der Waals surface area (Å²) >= 11 is 5.10. The van der Waals surface area contributed by atoms with Crippen LogP contribution in [0.3, 0.4) is 0 Å². The minimum atomic E-state index is -0.750. The number of carbonyl (C=O) groups excluding carboxylic acids is 1. The number of urea groups is 1. The SMILES string of the molecule is O=C(O)CC1CCN(C(=O)NCCc2ccc(Br)s2)CC1. The smallest absolute Gasteiger partial charge is 0.317 e. The number of nitrogens with one attached hydrogen (secondary N) is 1. The van der Waals surface area contributed by atoms with Crippen molar-refractivity contribution < 1.29 is 14.7 Å². The first-order valence-corrected chi connectivity index (χ1v) is 8.64. The predicted octanol–water partition coefficient (Wildman–Crippen LogP) is 2.95. The summed E-state index contributed by atoms with van der Waals surface area (Å²) in [5.41, 5.74) is 0. The number of piperidine rings is 1. The second-order valence-corrected chi connectivity index (χ2v) is 7.76. The van der Waals surface area contributed by atoms with Gasteiger partial charge in [-0.2, -0.15) is 0 Å². The van der Waals surface area contributed by atoms with Crippen LogP contribution in [0.15, 0.2) is 15.9 Å². The number of hydrogen-bond donors (Lipinski definition) is 2. The number of hydrogen-bond acceptors (Lipinski definition) is 3. The summed E-state index contributed by atoms with van der Waals surface area (Å²) in [5.74, 6) is -0.546. The average molecular weight is 375 g/mol. The molecule has 2 rings (SSSR count). The molecule has 1 aromatic heterocycles. The molecule has 0 spiro atoms. The van der Waals surface area contributed by atoms with Crippen LogP contribution in [0, 0.1) is 5.92 Å². The van der Waals surface area contributed by atoms with Gasteiger partial charge in [-0.25, -0.2) is 4.79 Å². The monoisotopic (exact) mass is 374 g/mol. The van der Waals surface area contributed by atoms with Crippen molar-refractivity contribution in [3.05, 3.63) is 20.8 Å². The summed E-state index contributed by atoms with van der Waals surface area (Å²) in [5, 5.41) is 11.7. The molecular weight excluding hydrogens is 356 g/mol. The van der Waals surface area contributed by atoms with Crippen LogP contribution in [0.1, 0.15) is 24.1 Å². The third kappa shape index (κ3) is 5.32. The van der Waals surface area contributed by atoms with Gasteiger partial charge in [0, 0.05) is 30.9 Å². The Kier molecular flexibility index (Phi) is 6.05. The summed E-state index contributed by atoms with van der Waals surface area (Å²) in [6.45, 7) is 1.92. The Balaban J connectivity index is 1.66. The molecule has 7 heteroatoms. The summed E-state index contributed by atoms with van der Waals surface area (Å²) in [4.78, 5) is 25.7. The molecule has 1 aliphatic heterocycles. The van der Waals surface area contributed by atoms with Crippen LogP contribution in [0.25, 0.3) is 0 Å². The van der Waals surface area contributed by atoms with Crippen LogP contribution < -0.4 is 5.32 Å². The van der Waals surface area contributed by atoms with E-state index in [0.29, 0.717) is 19.6 Å². The van der Waals surface area contributed by atoms with Crippen LogP contribution in [-0.4, -0.2) is 41.6 Å². The Morgan fingerprint density at radius 1 is 1.38 bits per heavy atom. The molecule has 1 aliphatic rings. The molecule has 2 amide bonds. The lowest BCUT2D eigenvalue weighted by Crippen LogP contribution is -2.45. The molecule has 1 fully saturated rings. The number of halogens is 1. The summed E-state index contributed by atoms with van der Waals surface area (Å²) in [6, 6.07) is 4.02. The second kappa shape index (κ2) is 7.79. The second-order valence-electron chi connectivity index (χ2n) is 5.22. The van der Waals surface area contributed by atoms with Crippen molar-refractivity contribution in [3.63, 3.8) is 0 Å². The molecular formula is C14H19BrN2O3S. The van der Waals surface area contributed by atoms with E-state index in [1.165, 1.54) is 4.88 Å². The zero-order chi connectivity index (χ0) is 15.2. The first kappa shape index (κ1) is 16.3. The molecule has 1 saturated heterocycles. The third-order valence-corrected chi connectivity index (χ3v) is 5.32. The lowest BCUT2D eigenvalue weighted by Gasteiger charge is -2.31. The van der Waals surface area contributed by atoms with Crippen molar-refractivity contribution in [2.75, 3.05) is 19.6 Å². The van der Waals surface area contributed by atoms with E-state index in [1.54, 1.807) is 16.2 Å². The Labute approximate surface area is 136 Å². The van der Waals surface area contributed by atoms with Crippen LogP contribution in [0.2, 0.25) is 0 Å². The number of rotatable bonds is 5. The first-order valence-electron chi connectivity index (χ1n) is 7.03. The predicted molar refractivity (Wildman–Crippen MR) is 85.7 cm³/mol. The summed E-state index contributed by atoms with van der Waals surface area (Å²) < 4.78 is 1.10. The van der Waals surface area contributed by atoms with E-state index in [1.807, 2.05) is 6.07 Å². The van der Waals surface area contributed by atoms with Gasteiger partial charge in [-0.15, -0.1) is 11.3 Å². The lowest BCUT2D eigenvalue weighted by molar-refractivity contribution is -0.138. The van der Waals surface area contributed by atoms with Crippen molar-refractivity contribution in [3.8, 4) is 0 Å². The van der Waals surface area contributed by atoms with Gasteiger partial charge in [-0.05, 0) is 53.2 Å². The number of likely N-dealkylation sites (tertiary alicyclic amines) is 1. The quantitative estimate of drug-likeness (QED) is 0.832. The maximum atomic E-state index is 12.0. The molecule has 0 unspecified atom stereocenters. The van der Waals surface area contributed by atoms with Gasteiger partial charge in [0.2, 0.25) is 0 Å². The minimum absolute atomic E-state index is 0.0422. The fraction of sp³-hybridized carbons (Fsp3) is 0.571. The molecule has 0 aromatic carbocycles. The number of nitrogens with zero attached hydrogens (tertiary/aromatic N) is 1. The van der Waals surface area contributed by atoms with Gasteiger partial charge >= 0.3 is 12.0 Å². The topological polar surface area (TPSA) is 69.6 Å². The summed E-state index contributed by atoms with van der Waals surface area (Å²) in [7, 11) is 0. The van der Waals surface area contributed by atoms with E-state index in [4.69, 9.17) is 5.11 Å². The van der Waals surface area contributed by atoms with E-state index in [0.717, 1.165) is 23.0 Å². The van der Waals surface area contributed by atoms with Gasteiger partial charge < -0.3 is 15.3 Å². The fourth-order valence-corrected chi connectivity index (χ4v) is 3.96. The zero-order valence-electron chi connectivity index (χ0n) is 11.7. The number of aliphatic carboxylic acids is 1. The highest BCUT2D eigenvalue weighted by molar-refractivity contribution is 9.11. The zero-order valence-corrected chi connectivity index (χ0v) is 14.1. The molecule has 0 radical (unpaired) electrons. The standard InChI is InChI=1S/C14H19BrN2O3S/c15-12-2-1-11(21-12)3-6-16-14(20)17-7-4-10(5-8-17)9-13(18)19/h1-2,10H,3-9H2,(H,16,20)(H,18,19). The fourth-order valence-electron chi connectivity index (χ4n) is 2.48. The van der Waals surface area contributed by atoms with Crippen LogP contribution in [0.5, 0.6) is 0 Å². The molecule has 5 nitrogen and oxygen atoms in total. The molecule has 0 bridgehead atoms. The Morgan fingerprint density at radius 2 is 2.10 bits per heavy atom. The van der Waals surface area contributed by atoms with Crippen molar-refractivity contribution >= 4 is 39.3 Å². The molecule has 116 valence electrons. The molecule has 0 saturated carbocycles. The number of carboxylic acid groups (broad SMARTS) is 1. The highest BCUT2D eigenvalue weighted by atomic mass is 79.9. The van der Waals surface area contributed by atoms with Crippen molar-refractivity contribution in [1.29, 1.82) is 0 Å². The Morgan fingerprint density at radius 3 is 2.67 bits per heavy atom. The molecule has 0 atom stereocenters. The van der Waals surface area contributed by atoms with Gasteiger partial charge in [0.1, 0.15) is 0 Å². The van der Waals surface area contributed by atoms with E-state index in [-0.39, 0.29) is 18.4 Å². The van der Waals surface area contributed by atoms with E-state index in [2.05, 4.69) is 27.3 Å². The average Bonchev–Trinajstić information content (AvgIpc) is 2.84. The molecule has 1 aromatic rings. The normalized spacial score (nSPS) is 16.0. The molecule has 2 heterocycles. The van der Waals surface area contributed by atoms with Crippen LogP contribution >= 0.6 is 27.3 Å². The summed E-state index contributed by atoms with van der Waals surface area (Å²) in [6.07, 6.45) is 2.59. The van der Waals surface area contributed by atoms with Gasteiger partial charge in [-0.3, -0.25) is 4.79 Å². The van der Waals surface area contributed by atoms with Crippen LogP contribution in [0.4, 0.5) is 4.79 Å². The van der Waals surface area contributed by atoms with Crippen LogP contribution in [-0.2, 0) is 11.2 Å². The lowest BCUT2D eigenvalue weighted by atomic mass is 9.94. The number of amides is 2. The maximum Gasteiger partial charge on any atom is 0.317 e. The number of thiophene rings is 1.